The normalized spacial score (nSPS) is 15.2. The zero-order chi connectivity index (χ0) is 21.8. The fourth-order valence-corrected chi connectivity index (χ4v) is 4.33. The number of aromatic amines is 1. The Hall–Kier alpha value is -3.45. The molecular formula is C25H27N5O2. The molecule has 1 aliphatic heterocycles. The molecule has 5 rings (SSSR count). The average molecular weight is 430 g/mol. The van der Waals surface area contributed by atoms with Crippen molar-refractivity contribution in [2.45, 2.75) is 12.8 Å². The first-order valence-corrected chi connectivity index (χ1v) is 11.2. The zero-order valence-corrected chi connectivity index (χ0v) is 18.0. The highest BCUT2D eigenvalue weighted by Crippen LogP contribution is 2.22. The Morgan fingerprint density at radius 3 is 2.81 bits per heavy atom. The summed E-state index contributed by atoms with van der Waals surface area (Å²) in [6.45, 7) is 4.81. The maximum atomic E-state index is 11.8. The second-order valence-corrected chi connectivity index (χ2v) is 8.31. The average Bonchev–Trinajstić information content (AvgIpc) is 2.84. The van der Waals surface area contributed by atoms with Crippen LogP contribution in [0.4, 0.5) is 5.69 Å². The lowest BCUT2D eigenvalue weighted by Gasteiger charge is -2.32. The number of pyridine rings is 1. The molecule has 2 aromatic heterocycles. The number of nitrogens with zero attached hydrogens (tertiary/aromatic N) is 3. The number of rotatable bonds is 7. The molecule has 0 unspecified atom stereocenters. The molecule has 0 amide bonds. The van der Waals surface area contributed by atoms with Crippen molar-refractivity contribution in [1.82, 2.24) is 19.9 Å². The fourth-order valence-electron chi connectivity index (χ4n) is 4.33. The molecule has 0 radical (unpaired) electrons. The summed E-state index contributed by atoms with van der Waals surface area (Å²) in [5, 5.41) is 5.33. The number of fused-ring (bicyclic) bond motifs is 2. The number of H-pyrrole nitrogens is 1. The zero-order valence-electron chi connectivity index (χ0n) is 18.0. The highest BCUT2D eigenvalue weighted by atomic mass is 16.5. The maximum Gasteiger partial charge on any atom is 0.258 e. The van der Waals surface area contributed by atoms with Crippen LogP contribution in [0, 0.1) is 5.92 Å². The van der Waals surface area contributed by atoms with Crippen LogP contribution in [0.25, 0.3) is 21.8 Å². The Morgan fingerprint density at radius 1 is 1.03 bits per heavy atom. The number of hydrogen-bond acceptors (Lipinski definition) is 6. The topological polar surface area (TPSA) is 83.1 Å². The van der Waals surface area contributed by atoms with Gasteiger partial charge in [-0.25, -0.2) is 4.98 Å². The quantitative estimate of drug-likeness (QED) is 0.466. The summed E-state index contributed by atoms with van der Waals surface area (Å²) in [5.74, 6) is 1.32. The maximum absolute atomic E-state index is 11.8. The summed E-state index contributed by atoms with van der Waals surface area (Å²) in [7, 11) is 0. The van der Waals surface area contributed by atoms with Crippen molar-refractivity contribution in [2.24, 2.45) is 5.92 Å². The van der Waals surface area contributed by atoms with Crippen LogP contribution >= 0.6 is 0 Å². The van der Waals surface area contributed by atoms with Crippen LogP contribution in [0.2, 0.25) is 0 Å². The van der Waals surface area contributed by atoms with E-state index >= 15 is 0 Å². The lowest BCUT2D eigenvalue weighted by atomic mass is 9.98. The van der Waals surface area contributed by atoms with Gasteiger partial charge in [0.25, 0.3) is 5.56 Å². The molecule has 0 spiro atoms. The van der Waals surface area contributed by atoms with Gasteiger partial charge in [-0.3, -0.25) is 9.78 Å². The molecule has 164 valence electrons. The van der Waals surface area contributed by atoms with Crippen molar-refractivity contribution in [3.05, 3.63) is 71.4 Å². The van der Waals surface area contributed by atoms with Crippen LogP contribution in [-0.4, -0.2) is 52.6 Å². The Balaban J connectivity index is 1.07. The third-order valence-corrected chi connectivity index (χ3v) is 6.20. The molecule has 0 bridgehead atoms. The van der Waals surface area contributed by atoms with Gasteiger partial charge < -0.3 is 19.9 Å². The summed E-state index contributed by atoms with van der Waals surface area (Å²) in [6, 6.07) is 15.7. The summed E-state index contributed by atoms with van der Waals surface area (Å²) >= 11 is 0. The lowest BCUT2D eigenvalue weighted by molar-refractivity contribution is 0.145. The molecule has 1 fully saturated rings. The minimum atomic E-state index is -0.125. The van der Waals surface area contributed by atoms with Crippen molar-refractivity contribution < 1.29 is 4.74 Å². The summed E-state index contributed by atoms with van der Waals surface area (Å²) in [4.78, 5) is 25.5. The largest absolute Gasteiger partial charge is 0.493 e. The fraction of sp³-hybridized carbons (Fsp3) is 0.320. The first kappa shape index (κ1) is 20.5. The van der Waals surface area contributed by atoms with Crippen molar-refractivity contribution >= 4 is 27.5 Å². The van der Waals surface area contributed by atoms with Gasteiger partial charge in [0, 0.05) is 36.4 Å². The van der Waals surface area contributed by atoms with Gasteiger partial charge in [0.2, 0.25) is 0 Å². The standard InChI is InChI=1S/C25H27N5O2/c31-25-21-6-5-19(15-24(21)28-17-29-25)32-16-18-8-12-30(13-9-18)14-11-27-23-7-10-26-22-4-2-1-3-20(22)23/h1-7,10,15,17-18H,8-9,11-14,16H2,(H,26,27)(H,28,29,31). The number of anilines is 1. The van der Waals surface area contributed by atoms with E-state index in [0.29, 0.717) is 23.4 Å². The molecule has 2 aromatic carbocycles. The van der Waals surface area contributed by atoms with Gasteiger partial charge in [0.15, 0.2) is 0 Å². The van der Waals surface area contributed by atoms with Crippen molar-refractivity contribution in [2.75, 3.05) is 38.1 Å². The summed E-state index contributed by atoms with van der Waals surface area (Å²) < 4.78 is 6.02. The Labute approximate surface area is 186 Å². The first-order valence-electron chi connectivity index (χ1n) is 11.2. The molecule has 4 aromatic rings. The van der Waals surface area contributed by atoms with Crippen molar-refractivity contribution in [1.29, 1.82) is 0 Å². The van der Waals surface area contributed by atoms with Crippen LogP contribution in [0.1, 0.15) is 12.8 Å². The Bertz CT molecular complexity index is 1260. The van der Waals surface area contributed by atoms with E-state index in [1.165, 1.54) is 11.7 Å². The first-order chi connectivity index (χ1) is 15.8. The second-order valence-electron chi connectivity index (χ2n) is 8.31. The number of benzene rings is 2. The molecule has 1 aliphatic rings. The van der Waals surface area contributed by atoms with Crippen LogP contribution < -0.4 is 15.6 Å². The van der Waals surface area contributed by atoms with E-state index in [9.17, 15) is 4.79 Å². The van der Waals surface area contributed by atoms with E-state index in [1.807, 2.05) is 36.5 Å². The second kappa shape index (κ2) is 9.36. The predicted octanol–water partition coefficient (Wildman–Crippen LogP) is 3.67. The van der Waals surface area contributed by atoms with Crippen molar-refractivity contribution in [3.8, 4) is 5.75 Å². The van der Waals surface area contributed by atoms with Gasteiger partial charge in [-0.15, -0.1) is 0 Å². The van der Waals surface area contributed by atoms with Crippen LogP contribution in [0.15, 0.2) is 65.8 Å². The third kappa shape index (κ3) is 4.57. The molecule has 32 heavy (non-hydrogen) atoms. The van der Waals surface area contributed by atoms with Crippen LogP contribution in [-0.2, 0) is 0 Å². The Morgan fingerprint density at radius 2 is 1.91 bits per heavy atom. The number of para-hydroxylation sites is 1. The lowest BCUT2D eigenvalue weighted by Crippen LogP contribution is -2.38. The predicted molar refractivity (Wildman–Crippen MR) is 127 cm³/mol. The number of nitrogens with one attached hydrogen (secondary N) is 2. The molecule has 1 saturated heterocycles. The molecule has 0 saturated carbocycles. The summed E-state index contributed by atoms with van der Waals surface area (Å²) in [5.41, 5.74) is 2.70. The van der Waals surface area contributed by atoms with E-state index < -0.39 is 0 Å². The highest BCUT2D eigenvalue weighted by molar-refractivity contribution is 5.90. The number of likely N-dealkylation sites (tertiary alicyclic amines) is 1. The monoisotopic (exact) mass is 429 g/mol. The highest BCUT2D eigenvalue weighted by Gasteiger charge is 2.19. The van der Waals surface area contributed by atoms with Gasteiger partial charge in [-0.05, 0) is 56.1 Å². The molecule has 2 N–H and O–H groups in total. The SMILES string of the molecule is O=c1[nH]cnc2cc(OCC3CCN(CCNc4ccnc5ccccc45)CC3)ccc12. The summed E-state index contributed by atoms with van der Waals surface area (Å²) in [6.07, 6.45) is 5.55. The van der Waals surface area contributed by atoms with Gasteiger partial charge in [-0.1, -0.05) is 18.2 Å². The van der Waals surface area contributed by atoms with Gasteiger partial charge in [0.1, 0.15) is 5.75 Å². The van der Waals surface area contributed by atoms with Crippen molar-refractivity contribution in [3.63, 3.8) is 0 Å². The van der Waals surface area contributed by atoms with Crippen LogP contribution in [0.5, 0.6) is 5.75 Å². The number of ether oxygens (including phenoxy) is 1. The molecule has 3 heterocycles. The van der Waals surface area contributed by atoms with E-state index in [4.69, 9.17) is 4.74 Å². The minimum Gasteiger partial charge on any atom is -0.493 e. The molecule has 0 aliphatic carbocycles. The molecule has 7 nitrogen and oxygen atoms in total. The van der Waals surface area contributed by atoms with E-state index in [2.05, 4.69) is 37.3 Å². The van der Waals surface area contributed by atoms with E-state index in [1.54, 1.807) is 6.07 Å². The van der Waals surface area contributed by atoms with Gasteiger partial charge in [0.05, 0.1) is 29.4 Å². The molecular weight excluding hydrogens is 402 g/mol. The number of hydrogen-bond donors (Lipinski definition) is 2. The molecule has 7 heteroatoms. The van der Waals surface area contributed by atoms with E-state index in [-0.39, 0.29) is 5.56 Å². The Kier molecular flexibility index (Phi) is 5.98. The smallest absolute Gasteiger partial charge is 0.258 e. The third-order valence-electron chi connectivity index (χ3n) is 6.20. The van der Waals surface area contributed by atoms with Gasteiger partial charge in [-0.2, -0.15) is 0 Å². The van der Waals surface area contributed by atoms with Gasteiger partial charge >= 0.3 is 0 Å². The van der Waals surface area contributed by atoms with E-state index in [0.717, 1.165) is 56.0 Å². The minimum absolute atomic E-state index is 0.125. The number of aromatic nitrogens is 3. The van der Waals surface area contributed by atoms with Crippen LogP contribution in [0.3, 0.4) is 0 Å². The molecule has 0 atom stereocenters. The number of piperidine rings is 1.